The maximum atomic E-state index is 6.00. The summed E-state index contributed by atoms with van der Waals surface area (Å²) in [5.41, 5.74) is 4.31. The number of imidazole rings is 1. The third kappa shape index (κ3) is 2.51. The van der Waals surface area contributed by atoms with Crippen molar-refractivity contribution in [2.75, 3.05) is 5.32 Å². The lowest BCUT2D eigenvalue weighted by atomic mass is 10.3. The predicted octanol–water partition coefficient (Wildman–Crippen LogP) is 4.93. The van der Waals surface area contributed by atoms with E-state index in [-0.39, 0.29) is 0 Å². The van der Waals surface area contributed by atoms with E-state index in [1.54, 1.807) is 17.4 Å². The lowest BCUT2D eigenvalue weighted by Gasteiger charge is -2.08. The van der Waals surface area contributed by atoms with Gasteiger partial charge < -0.3 is 5.32 Å². The third-order valence-corrected chi connectivity index (χ3v) is 4.53. The van der Waals surface area contributed by atoms with Crippen molar-refractivity contribution in [2.24, 2.45) is 0 Å². The number of fused-ring (bicyclic) bond motifs is 1. The minimum Gasteiger partial charge on any atom is -0.379 e. The molecule has 1 N–H and O–H groups in total. The standard InChI is InChI=1S/C14H13Cl2N3S/c1-8-7-20-14-18-9(2)13(19(8)14)6-17-12-4-10(15)3-11(16)5-12/h3-5,7,17H,6H2,1-2H3. The number of halogens is 2. The number of rotatable bonds is 3. The quantitative estimate of drug-likeness (QED) is 0.739. The molecule has 0 bridgehead atoms. The number of benzene rings is 1. The molecule has 2 aromatic heterocycles. The van der Waals surface area contributed by atoms with Crippen molar-refractivity contribution in [3.8, 4) is 0 Å². The predicted molar refractivity (Wildman–Crippen MR) is 86.3 cm³/mol. The number of nitrogens with zero attached hydrogens (tertiary/aromatic N) is 2. The molecule has 104 valence electrons. The van der Waals surface area contributed by atoms with Crippen LogP contribution in [0.2, 0.25) is 10.0 Å². The monoisotopic (exact) mass is 325 g/mol. The molecule has 0 atom stereocenters. The Balaban J connectivity index is 1.90. The van der Waals surface area contributed by atoms with Gasteiger partial charge in [-0.05, 0) is 32.0 Å². The van der Waals surface area contributed by atoms with Crippen molar-refractivity contribution >= 4 is 45.2 Å². The number of anilines is 1. The first-order valence-electron chi connectivity index (χ1n) is 6.16. The van der Waals surface area contributed by atoms with E-state index >= 15 is 0 Å². The summed E-state index contributed by atoms with van der Waals surface area (Å²) in [6.45, 7) is 4.80. The van der Waals surface area contributed by atoms with E-state index in [0.717, 1.165) is 22.0 Å². The lowest BCUT2D eigenvalue weighted by Crippen LogP contribution is -2.04. The number of nitrogens with one attached hydrogen (secondary N) is 1. The molecule has 3 nitrogen and oxygen atoms in total. The molecule has 0 unspecified atom stereocenters. The Hall–Kier alpha value is -1.23. The van der Waals surface area contributed by atoms with E-state index in [4.69, 9.17) is 23.2 Å². The average molecular weight is 326 g/mol. The highest BCUT2D eigenvalue weighted by atomic mass is 35.5. The van der Waals surface area contributed by atoms with Gasteiger partial charge in [-0.1, -0.05) is 23.2 Å². The minimum atomic E-state index is 0.627. The van der Waals surface area contributed by atoms with E-state index < -0.39 is 0 Å². The molecule has 0 saturated heterocycles. The van der Waals surface area contributed by atoms with Gasteiger partial charge in [-0.3, -0.25) is 4.40 Å². The Bertz CT molecular complexity index is 756. The van der Waals surface area contributed by atoms with E-state index in [9.17, 15) is 0 Å². The van der Waals surface area contributed by atoms with E-state index in [0.29, 0.717) is 16.6 Å². The SMILES string of the molecule is Cc1nc2scc(C)n2c1CNc1cc(Cl)cc(Cl)c1. The van der Waals surface area contributed by atoms with Crippen molar-refractivity contribution < 1.29 is 0 Å². The first-order valence-corrected chi connectivity index (χ1v) is 7.80. The summed E-state index contributed by atoms with van der Waals surface area (Å²) >= 11 is 13.7. The fraction of sp³-hybridized carbons (Fsp3) is 0.214. The Morgan fingerprint density at radius 2 is 1.90 bits per heavy atom. The summed E-state index contributed by atoms with van der Waals surface area (Å²) in [6, 6.07) is 5.45. The molecule has 0 aliphatic heterocycles. The number of aromatic nitrogens is 2. The Kier molecular flexibility index (Phi) is 3.63. The van der Waals surface area contributed by atoms with Crippen LogP contribution in [0, 0.1) is 13.8 Å². The molecule has 1 aromatic carbocycles. The third-order valence-electron chi connectivity index (χ3n) is 3.15. The largest absolute Gasteiger partial charge is 0.379 e. The topological polar surface area (TPSA) is 29.3 Å². The van der Waals surface area contributed by atoms with Gasteiger partial charge in [-0.2, -0.15) is 0 Å². The Morgan fingerprint density at radius 1 is 1.20 bits per heavy atom. The number of hydrogen-bond acceptors (Lipinski definition) is 3. The van der Waals surface area contributed by atoms with Crippen LogP contribution in [0.1, 0.15) is 17.1 Å². The van der Waals surface area contributed by atoms with Crippen molar-refractivity contribution in [1.29, 1.82) is 0 Å². The zero-order chi connectivity index (χ0) is 14.3. The van der Waals surface area contributed by atoms with Gasteiger partial charge in [-0.15, -0.1) is 11.3 Å². The second-order valence-electron chi connectivity index (χ2n) is 4.65. The molecule has 0 fully saturated rings. The van der Waals surface area contributed by atoms with Gasteiger partial charge in [0.05, 0.1) is 17.9 Å². The summed E-state index contributed by atoms with van der Waals surface area (Å²) in [5, 5.41) is 6.72. The highest BCUT2D eigenvalue weighted by Gasteiger charge is 2.11. The van der Waals surface area contributed by atoms with Gasteiger partial charge in [0.25, 0.3) is 0 Å². The van der Waals surface area contributed by atoms with Crippen LogP contribution in [0.4, 0.5) is 5.69 Å². The number of aryl methyl sites for hydroxylation is 2. The smallest absolute Gasteiger partial charge is 0.194 e. The summed E-state index contributed by atoms with van der Waals surface area (Å²) in [4.78, 5) is 5.60. The first kappa shape index (κ1) is 13.7. The van der Waals surface area contributed by atoms with Gasteiger partial charge >= 0.3 is 0 Å². The highest BCUT2D eigenvalue weighted by Crippen LogP contribution is 2.24. The summed E-state index contributed by atoms with van der Waals surface area (Å²) in [5.74, 6) is 0. The molecule has 0 spiro atoms. The minimum absolute atomic E-state index is 0.627. The zero-order valence-corrected chi connectivity index (χ0v) is 13.4. The van der Waals surface area contributed by atoms with Gasteiger partial charge in [0.2, 0.25) is 0 Å². The van der Waals surface area contributed by atoms with Gasteiger partial charge in [0.15, 0.2) is 4.96 Å². The summed E-state index contributed by atoms with van der Waals surface area (Å²) in [7, 11) is 0. The molecule has 0 amide bonds. The molecule has 2 heterocycles. The fourth-order valence-corrected chi connectivity index (χ4v) is 3.67. The molecule has 0 saturated carbocycles. The molecule has 3 aromatic rings. The molecule has 0 aliphatic rings. The lowest BCUT2D eigenvalue weighted by molar-refractivity contribution is 0.966. The molecule has 0 radical (unpaired) electrons. The van der Waals surface area contributed by atoms with Gasteiger partial charge in [0, 0.05) is 26.8 Å². The van der Waals surface area contributed by atoms with Gasteiger partial charge in [-0.25, -0.2) is 4.98 Å². The average Bonchev–Trinajstić information content (AvgIpc) is 2.86. The van der Waals surface area contributed by atoms with Crippen LogP contribution >= 0.6 is 34.5 Å². The van der Waals surface area contributed by atoms with E-state index in [1.165, 1.54) is 5.69 Å². The molecule has 3 rings (SSSR count). The van der Waals surface area contributed by atoms with Crippen LogP contribution in [0.15, 0.2) is 23.6 Å². The van der Waals surface area contributed by atoms with E-state index in [2.05, 4.69) is 27.0 Å². The Morgan fingerprint density at radius 3 is 2.60 bits per heavy atom. The second kappa shape index (κ2) is 5.28. The highest BCUT2D eigenvalue weighted by molar-refractivity contribution is 7.15. The van der Waals surface area contributed by atoms with Gasteiger partial charge in [0.1, 0.15) is 0 Å². The molecule has 0 aliphatic carbocycles. The van der Waals surface area contributed by atoms with Crippen molar-refractivity contribution in [2.45, 2.75) is 20.4 Å². The number of thiazole rings is 1. The first-order chi connectivity index (χ1) is 9.54. The summed E-state index contributed by atoms with van der Waals surface area (Å²) in [6.07, 6.45) is 0. The summed E-state index contributed by atoms with van der Waals surface area (Å²) < 4.78 is 2.18. The molecular weight excluding hydrogens is 313 g/mol. The normalized spacial score (nSPS) is 11.2. The van der Waals surface area contributed by atoms with Crippen LogP contribution in [-0.2, 0) is 6.54 Å². The second-order valence-corrected chi connectivity index (χ2v) is 6.36. The van der Waals surface area contributed by atoms with Crippen LogP contribution < -0.4 is 5.32 Å². The maximum Gasteiger partial charge on any atom is 0.194 e. The van der Waals surface area contributed by atoms with Crippen molar-refractivity contribution in [3.05, 3.63) is 50.7 Å². The molecular formula is C14H13Cl2N3S. The Labute approximate surface area is 131 Å². The van der Waals surface area contributed by atoms with E-state index in [1.807, 2.05) is 19.1 Å². The van der Waals surface area contributed by atoms with Crippen molar-refractivity contribution in [3.63, 3.8) is 0 Å². The van der Waals surface area contributed by atoms with Crippen LogP contribution in [0.3, 0.4) is 0 Å². The zero-order valence-electron chi connectivity index (χ0n) is 11.1. The van der Waals surface area contributed by atoms with Crippen LogP contribution in [-0.4, -0.2) is 9.38 Å². The number of hydrogen-bond donors (Lipinski definition) is 1. The van der Waals surface area contributed by atoms with Crippen molar-refractivity contribution in [1.82, 2.24) is 9.38 Å². The molecule has 6 heteroatoms. The molecule has 20 heavy (non-hydrogen) atoms. The fourth-order valence-electron chi connectivity index (χ4n) is 2.22. The van der Waals surface area contributed by atoms with Crippen LogP contribution in [0.5, 0.6) is 0 Å². The maximum absolute atomic E-state index is 6.00. The van der Waals surface area contributed by atoms with Crippen LogP contribution in [0.25, 0.3) is 4.96 Å².